The van der Waals surface area contributed by atoms with Crippen molar-refractivity contribution in [1.29, 1.82) is 0 Å². The van der Waals surface area contributed by atoms with Crippen LogP contribution in [-0.4, -0.2) is 11.5 Å². The van der Waals surface area contributed by atoms with Crippen LogP contribution in [0.15, 0.2) is 4.42 Å². The molecular formula is C8H12F2N2O. The SMILES string of the molecule is Cc1nc(CCN)oc1C(C)(F)F. The first kappa shape index (κ1) is 10.1. The maximum absolute atomic E-state index is 12.8. The highest BCUT2D eigenvalue weighted by atomic mass is 19.3. The summed E-state index contributed by atoms with van der Waals surface area (Å²) in [5.74, 6) is -3.06. The van der Waals surface area contributed by atoms with Crippen LogP contribution in [0.1, 0.15) is 24.3 Å². The van der Waals surface area contributed by atoms with E-state index in [1.54, 1.807) is 0 Å². The zero-order valence-electron chi connectivity index (χ0n) is 7.60. The Bertz CT molecular complexity index is 291. The zero-order valence-corrected chi connectivity index (χ0v) is 7.60. The van der Waals surface area contributed by atoms with Gasteiger partial charge in [-0.25, -0.2) is 4.98 Å². The van der Waals surface area contributed by atoms with Crippen molar-refractivity contribution in [2.24, 2.45) is 5.73 Å². The van der Waals surface area contributed by atoms with Gasteiger partial charge in [0.05, 0.1) is 5.69 Å². The third kappa shape index (κ3) is 2.24. The standard InChI is InChI=1S/C8H12F2N2O/c1-5-7(8(2,9)10)13-6(12-5)3-4-11/h3-4,11H2,1-2H3. The van der Waals surface area contributed by atoms with E-state index in [4.69, 9.17) is 10.2 Å². The molecule has 0 fully saturated rings. The predicted molar refractivity (Wildman–Crippen MR) is 43.6 cm³/mol. The number of nitrogens with zero attached hydrogens (tertiary/aromatic N) is 1. The molecule has 13 heavy (non-hydrogen) atoms. The lowest BCUT2D eigenvalue weighted by atomic mass is 10.2. The molecule has 1 aromatic rings. The van der Waals surface area contributed by atoms with Gasteiger partial charge in [0.1, 0.15) is 0 Å². The number of aromatic nitrogens is 1. The predicted octanol–water partition coefficient (Wildman–Crippen LogP) is 1.60. The van der Waals surface area contributed by atoms with E-state index in [2.05, 4.69) is 4.98 Å². The smallest absolute Gasteiger partial charge is 0.303 e. The molecule has 0 spiro atoms. The van der Waals surface area contributed by atoms with Crippen LogP contribution in [-0.2, 0) is 12.3 Å². The van der Waals surface area contributed by atoms with Crippen molar-refractivity contribution in [3.63, 3.8) is 0 Å². The number of hydrogen-bond donors (Lipinski definition) is 1. The zero-order chi connectivity index (χ0) is 10.1. The molecule has 0 saturated carbocycles. The second-order valence-electron chi connectivity index (χ2n) is 2.95. The summed E-state index contributed by atoms with van der Waals surface area (Å²) >= 11 is 0. The van der Waals surface area contributed by atoms with Crippen molar-refractivity contribution >= 4 is 0 Å². The molecule has 0 radical (unpaired) electrons. The Kier molecular flexibility index (Phi) is 2.66. The first-order valence-corrected chi connectivity index (χ1v) is 4.00. The first-order valence-electron chi connectivity index (χ1n) is 4.00. The minimum Gasteiger partial charge on any atom is -0.439 e. The van der Waals surface area contributed by atoms with Crippen LogP contribution < -0.4 is 5.73 Å². The average Bonchev–Trinajstić information content (AvgIpc) is 2.30. The van der Waals surface area contributed by atoms with E-state index in [-0.39, 0.29) is 17.3 Å². The van der Waals surface area contributed by atoms with Crippen molar-refractivity contribution in [2.75, 3.05) is 6.54 Å². The van der Waals surface area contributed by atoms with E-state index in [1.807, 2.05) is 0 Å². The molecule has 74 valence electrons. The summed E-state index contributed by atoms with van der Waals surface area (Å²) in [6, 6.07) is 0. The summed E-state index contributed by atoms with van der Waals surface area (Å²) in [6.45, 7) is 2.62. The second kappa shape index (κ2) is 3.41. The second-order valence-corrected chi connectivity index (χ2v) is 2.95. The van der Waals surface area contributed by atoms with Crippen LogP contribution in [0, 0.1) is 6.92 Å². The van der Waals surface area contributed by atoms with E-state index in [9.17, 15) is 8.78 Å². The molecule has 0 aliphatic heterocycles. The molecule has 0 bridgehead atoms. The third-order valence-corrected chi connectivity index (χ3v) is 1.60. The number of aryl methyl sites for hydroxylation is 1. The monoisotopic (exact) mass is 190 g/mol. The van der Waals surface area contributed by atoms with Crippen molar-refractivity contribution in [2.45, 2.75) is 26.2 Å². The maximum atomic E-state index is 12.8. The molecule has 5 heteroatoms. The molecule has 3 nitrogen and oxygen atoms in total. The number of nitrogens with two attached hydrogens (primary N) is 1. The van der Waals surface area contributed by atoms with Gasteiger partial charge in [-0.15, -0.1) is 0 Å². The van der Waals surface area contributed by atoms with Gasteiger partial charge < -0.3 is 10.2 Å². The molecule has 0 atom stereocenters. The first-order chi connectivity index (χ1) is 5.95. The highest BCUT2D eigenvalue weighted by Gasteiger charge is 2.32. The number of halogens is 2. The van der Waals surface area contributed by atoms with Crippen LogP contribution in [0.25, 0.3) is 0 Å². The van der Waals surface area contributed by atoms with E-state index in [0.29, 0.717) is 13.0 Å². The van der Waals surface area contributed by atoms with E-state index in [1.165, 1.54) is 6.92 Å². The number of hydrogen-bond acceptors (Lipinski definition) is 3. The average molecular weight is 190 g/mol. The number of oxazole rings is 1. The summed E-state index contributed by atoms with van der Waals surface area (Å²) < 4.78 is 30.5. The van der Waals surface area contributed by atoms with Crippen LogP contribution in [0.3, 0.4) is 0 Å². The van der Waals surface area contributed by atoms with Gasteiger partial charge in [-0.05, 0) is 6.92 Å². The van der Waals surface area contributed by atoms with Gasteiger partial charge in [0.15, 0.2) is 11.7 Å². The highest BCUT2D eigenvalue weighted by Crippen LogP contribution is 2.30. The minimum absolute atomic E-state index is 0.232. The third-order valence-electron chi connectivity index (χ3n) is 1.60. The molecule has 0 unspecified atom stereocenters. The van der Waals surface area contributed by atoms with E-state index in [0.717, 1.165) is 6.92 Å². The highest BCUT2D eigenvalue weighted by molar-refractivity contribution is 5.12. The Labute approximate surface area is 74.9 Å². The Morgan fingerprint density at radius 3 is 2.54 bits per heavy atom. The van der Waals surface area contributed by atoms with Gasteiger partial charge in [0.2, 0.25) is 0 Å². The fraction of sp³-hybridized carbons (Fsp3) is 0.625. The lowest BCUT2D eigenvalue weighted by molar-refractivity contribution is -0.00697. The Morgan fingerprint density at radius 1 is 1.54 bits per heavy atom. The fourth-order valence-electron chi connectivity index (χ4n) is 1.09. The maximum Gasteiger partial charge on any atom is 0.303 e. The lowest BCUT2D eigenvalue weighted by Crippen LogP contribution is -2.07. The van der Waals surface area contributed by atoms with Gasteiger partial charge in [-0.3, -0.25) is 0 Å². The van der Waals surface area contributed by atoms with Gasteiger partial charge in [-0.2, -0.15) is 8.78 Å². The molecule has 0 aliphatic carbocycles. The van der Waals surface area contributed by atoms with E-state index < -0.39 is 5.92 Å². The van der Waals surface area contributed by atoms with Crippen LogP contribution in [0.4, 0.5) is 8.78 Å². The van der Waals surface area contributed by atoms with Crippen LogP contribution in [0.5, 0.6) is 0 Å². The molecule has 0 saturated heterocycles. The van der Waals surface area contributed by atoms with Crippen molar-refractivity contribution in [3.05, 3.63) is 17.3 Å². The van der Waals surface area contributed by atoms with Crippen molar-refractivity contribution < 1.29 is 13.2 Å². The van der Waals surface area contributed by atoms with Gasteiger partial charge in [-0.1, -0.05) is 0 Å². The summed E-state index contributed by atoms with van der Waals surface area (Å²) in [5.41, 5.74) is 5.47. The topological polar surface area (TPSA) is 52.0 Å². The molecule has 0 aliphatic rings. The van der Waals surface area contributed by atoms with Gasteiger partial charge >= 0.3 is 5.92 Å². The van der Waals surface area contributed by atoms with Crippen LogP contribution >= 0.6 is 0 Å². The molecule has 2 N–H and O–H groups in total. The van der Waals surface area contributed by atoms with E-state index >= 15 is 0 Å². The Hall–Kier alpha value is -0.970. The normalized spacial score (nSPS) is 12.1. The Balaban J connectivity index is 2.96. The molecule has 1 rings (SSSR count). The lowest BCUT2D eigenvalue weighted by Gasteiger charge is -2.05. The molecule has 1 aromatic heterocycles. The fourth-order valence-corrected chi connectivity index (χ4v) is 1.09. The summed E-state index contributed by atoms with van der Waals surface area (Å²) in [5, 5.41) is 0. The molecular weight excluding hydrogens is 178 g/mol. The number of alkyl halides is 2. The minimum atomic E-state index is -2.97. The quantitative estimate of drug-likeness (QED) is 0.787. The Morgan fingerprint density at radius 2 is 2.15 bits per heavy atom. The molecule has 0 amide bonds. The van der Waals surface area contributed by atoms with Crippen molar-refractivity contribution in [3.8, 4) is 0 Å². The van der Waals surface area contributed by atoms with Crippen LogP contribution in [0.2, 0.25) is 0 Å². The largest absolute Gasteiger partial charge is 0.439 e. The number of rotatable bonds is 3. The van der Waals surface area contributed by atoms with Crippen molar-refractivity contribution in [1.82, 2.24) is 4.98 Å². The summed E-state index contributed by atoms with van der Waals surface area (Å²) in [7, 11) is 0. The summed E-state index contributed by atoms with van der Waals surface area (Å²) in [6.07, 6.45) is 0.386. The van der Waals surface area contributed by atoms with Gasteiger partial charge in [0, 0.05) is 19.9 Å². The summed E-state index contributed by atoms with van der Waals surface area (Å²) in [4.78, 5) is 3.84. The molecule has 0 aromatic carbocycles. The van der Waals surface area contributed by atoms with Gasteiger partial charge in [0.25, 0.3) is 0 Å². The molecule has 1 heterocycles.